The lowest BCUT2D eigenvalue weighted by Gasteiger charge is -2.13. The predicted octanol–water partition coefficient (Wildman–Crippen LogP) is 2.10. The highest BCUT2D eigenvalue weighted by Gasteiger charge is 2.18. The number of amides is 2. The van der Waals surface area contributed by atoms with Crippen molar-refractivity contribution in [1.82, 2.24) is 10.2 Å². The minimum Gasteiger partial charge on any atom is -0.347 e. The molecule has 2 aromatic carbocycles. The Balaban J connectivity index is 2.20. The summed E-state index contributed by atoms with van der Waals surface area (Å²) in [6.45, 7) is -0.203. The van der Waals surface area contributed by atoms with Gasteiger partial charge in [-0.2, -0.15) is 0 Å². The topological polar surface area (TPSA) is 95.6 Å². The maximum Gasteiger partial charge on any atom is 0.261 e. The van der Waals surface area contributed by atoms with Crippen molar-refractivity contribution < 1.29 is 22.4 Å². The Bertz CT molecular complexity index is 963. The molecule has 0 aliphatic rings. The standard InChI is InChI=1S/C17H17ClFN3O4S/c1-22(2)16(23)10-20-17(24)11-3-8-14(18)15(9-11)21-27(25,26)13-6-4-12(19)5-7-13/h3-9,21H,10H2,1-2H3,(H,20,24). The number of nitrogens with zero attached hydrogens (tertiary/aromatic N) is 1. The van der Waals surface area contributed by atoms with Crippen LogP contribution >= 0.6 is 11.6 Å². The summed E-state index contributed by atoms with van der Waals surface area (Å²) >= 11 is 6.01. The van der Waals surface area contributed by atoms with Gasteiger partial charge in [0.1, 0.15) is 5.82 Å². The quantitative estimate of drug-likeness (QED) is 0.758. The second-order valence-electron chi connectivity index (χ2n) is 5.72. The largest absolute Gasteiger partial charge is 0.347 e. The van der Waals surface area contributed by atoms with Gasteiger partial charge >= 0.3 is 0 Å². The van der Waals surface area contributed by atoms with Crippen LogP contribution in [0.5, 0.6) is 0 Å². The van der Waals surface area contributed by atoms with E-state index in [0.29, 0.717) is 0 Å². The highest BCUT2D eigenvalue weighted by Crippen LogP contribution is 2.26. The number of anilines is 1. The lowest BCUT2D eigenvalue weighted by Crippen LogP contribution is -2.36. The van der Waals surface area contributed by atoms with Crippen LogP contribution in [-0.2, 0) is 14.8 Å². The Morgan fingerprint density at radius 3 is 2.33 bits per heavy atom. The normalized spacial score (nSPS) is 11.0. The van der Waals surface area contributed by atoms with Gasteiger partial charge in [-0.1, -0.05) is 11.6 Å². The Hall–Kier alpha value is -2.65. The Labute approximate surface area is 161 Å². The Morgan fingerprint density at radius 1 is 1.11 bits per heavy atom. The van der Waals surface area contributed by atoms with Gasteiger partial charge in [0, 0.05) is 19.7 Å². The molecule has 2 rings (SSSR count). The van der Waals surface area contributed by atoms with Crippen molar-refractivity contribution in [3.05, 3.63) is 58.9 Å². The first kappa shape index (κ1) is 20.7. The monoisotopic (exact) mass is 413 g/mol. The van der Waals surface area contributed by atoms with Gasteiger partial charge in [0.25, 0.3) is 15.9 Å². The first-order valence-corrected chi connectivity index (χ1v) is 9.52. The first-order valence-electron chi connectivity index (χ1n) is 7.66. The van der Waals surface area contributed by atoms with E-state index in [9.17, 15) is 22.4 Å². The summed E-state index contributed by atoms with van der Waals surface area (Å²) in [5, 5.41) is 2.51. The van der Waals surface area contributed by atoms with Gasteiger partial charge in [-0.25, -0.2) is 12.8 Å². The molecule has 27 heavy (non-hydrogen) atoms. The molecule has 0 heterocycles. The molecular formula is C17H17ClFN3O4S. The molecule has 0 saturated carbocycles. The first-order chi connectivity index (χ1) is 12.6. The molecule has 0 radical (unpaired) electrons. The van der Waals surface area contributed by atoms with Crippen LogP contribution in [0.4, 0.5) is 10.1 Å². The highest BCUT2D eigenvalue weighted by molar-refractivity contribution is 7.92. The summed E-state index contributed by atoms with van der Waals surface area (Å²) in [4.78, 5) is 24.9. The van der Waals surface area contributed by atoms with Gasteiger partial charge in [0.2, 0.25) is 5.91 Å². The zero-order valence-corrected chi connectivity index (χ0v) is 16.1. The van der Waals surface area contributed by atoms with E-state index in [1.54, 1.807) is 14.1 Å². The molecule has 0 bridgehead atoms. The summed E-state index contributed by atoms with van der Waals surface area (Å²) in [5.41, 5.74) is 0.0929. The van der Waals surface area contributed by atoms with E-state index in [2.05, 4.69) is 10.0 Å². The maximum absolute atomic E-state index is 13.0. The van der Waals surface area contributed by atoms with Crippen molar-refractivity contribution in [2.45, 2.75) is 4.90 Å². The fourth-order valence-corrected chi connectivity index (χ4v) is 3.27. The number of nitrogens with one attached hydrogen (secondary N) is 2. The van der Waals surface area contributed by atoms with Crippen LogP contribution in [0.2, 0.25) is 5.02 Å². The summed E-state index contributed by atoms with van der Waals surface area (Å²) in [6.07, 6.45) is 0. The molecule has 0 atom stereocenters. The fraction of sp³-hybridized carbons (Fsp3) is 0.176. The molecule has 0 aromatic heterocycles. The van der Waals surface area contributed by atoms with E-state index >= 15 is 0 Å². The number of rotatable bonds is 6. The molecule has 0 spiro atoms. The zero-order valence-electron chi connectivity index (χ0n) is 14.5. The predicted molar refractivity (Wildman–Crippen MR) is 99.7 cm³/mol. The summed E-state index contributed by atoms with van der Waals surface area (Å²) in [5.74, 6) is -1.43. The number of hydrogen-bond donors (Lipinski definition) is 2. The molecule has 0 fully saturated rings. The number of carbonyl (C=O) groups is 2. The van der Waals surface area contributed by atoms with Crippen molar-refractivity contribution >= 4 is 39.1 Å². The van der Waals surface area contributed by atoms with Crippen molar-refractivity contribution in [2.75, 3.05) is 25.4 Å². The zero-order chi connectivity index (χ0) is 20.2. The number of likely N-dealkylation sites (N-methyl/N-ethyl adjacent to an activating group) is 1. The van der Waals surface area contributed by atoms with Gasteiger partial charge in [-0.05, 0) is 42.5 Å². The molecule has 2 N–H and O–H groups in total. The van der Waals surface area contributed by atoms with Crippen LogP contribution in [-0.4, -0.2) is 45.8 Å². The number of benzene rings is 2. The minimum atomic E-state index is -4.03. The van der Waals surface area contributed by atoms with E-state index in [4.69, 9.17) is 11.6 Å². The summed E-state index contributed by atoms with van der Waals surface area (Å²) < 4.78 is 40.0. The maximum atomic E-state index is 13.0. The third-order valence-electron chi connectivity index (χ3n) is 3.50. The van der Waals surface area contributed by atoms with Crippen LogP contribution in [0.25, 0.3) is 0 Å². The summed E-state index contributed by atoms with van der Waals surface area (Å²) in [7, 11) is -0.916. The number of halogens is 2. The molecule has 0 aliphatic carbocycles. The van der Waals surface area contributed by atoms with E-state index in [1.807, 2.05) is 0 Å². The van der Waals surface area contributed by atoms with Crippen molar-refractivity contribution in [2.24, 2.45) is 0 Å². The lowest BCUT2D eigenvalue weighted by atomic mass is 10.2. The van der Waals surface area contributed by atoms with E-state index in [0.717, 1.165) is 24.3 Å². The van der Waals surface area contributed by atoms with E-state index in [-0.39, 0.29) is 33.6 Å². The second kappa shape index (κ2) is 8.36. The third-order valence-corrected chi connectivity index (χ3v) is 5.21. The third kappa shape index (κ3) is 5.41. The minimum absolute atomic E-state index is 0.0208. The fourth-order valence-electron chi connectivity index (χ4n) is 1.98. The molecular weight excluding hydrogens is 397 g/mol. The lowest BCUT2D eigenvalue weighted by molar-refractivity contribution is -0.127. The molecule has 10 heteroatoms. The van der Waals surface area contributed by atoms with Gasteiger partial charge in [-0.15, -0.1) is 0 Å². The Morgan fingerprint density at radius 2 is 1.74 bits per heavy atom. The molecule has 2 amide bonds. The van der Waals surface area contributed by atoms with Crippen molar-refractivity contribution in [3.8, 4) is 0 Å². The molecule has 0 aliphatic heterocycles. The van der Waals surface area contributed by atoms with Crippen LogP contribution in [0, 0.1) is 5.82 Å². The molecule has 2 aromatic rings. The number of hydrogen-bond acceptors (Lipinski definition) is 4. The van der Waals surface area contributed by atoms with Crippen molar-refractivity contribution in [3.63, 3.8) is 0 Å². The van der Waals surface area contributed by atoms with E-state index < -0.39 is 21.7 Å². The number of sulfonamides is 1. The van der Waals surface area contributed by atoms with E-state index in [1.165, 1.54) is 23.1 Å². The Kier molecular flexibility index (Phi) is 6.40. The van der Waals surface area contributed by atoms with Crippen molar-refractivity contribution in [1.29, 1.82) is 0 Å². The molecule has 0 unspecified atom stereocenters. The summed E-state index contributed by atoms with van der Waals surface area (Å²) in [6, 6.07) is 8.24. The van der Waals surface area contributed by atoms with Gasteiger partial charge < -0.3 is 10.2 Å². The second-order valence-corrected chi connectivity index (χ2v) is 7.81. The number of carbonyl (C=O) groups excluding carboxylic acids is 2. The van der Waals surface area contributed by atoms with Crippen LogP contribution < -0.4 is 10.0 Å². The van der Waals surface area contributed by atoms with Gasteiger partial charge in [0.05, 0.1) is 22.2 Å². The average molecular weight is 414 g/mol. The van der Waals surface area contributed by atoms with Gasteiger partial charge in [-0.3, -0.25) is 14.3 Å². The smallest absolute Gasteiger partial charge is 0.261 e. The van der Waals surface area contributed by atoms with Crippen LogP contribution in [0.3, 0.4) is 0 Å². The molecule has 144 valence electrons. The molecule has 7 nitrogen and oxygen atoms in total. The van der Waals surface area contributed by atoms with Crippen LogP contribution in [0.1, 0.15) is 10.4 Å². The highest BCUT2D eigenvalue weighted by atomic mass is 35.5. The SMILES string of the molecule is CN(C)C(=O)CNC(=O)c1ccc(Cl)c(NS(=O)(=O)c2ccc(F)cc2)c1. The van der Waals surface area contributed by atoms with Gasteiger partial charge in [0.15, 0.2) is 0 Å². The molecule has 0 saturated heterocycles. The van der Waals surface area contributed by atoms with Crippen LogP contribution in [0.15, 0.2) is 47.4 Å². The average Bonchev–Trinajstić information content (AvgIpc) is 2.61.